The number of rotatable bonds is 6. The predicted octanol–water partition coefficient (Wildman–Crippen LogP) is 3.46. The highest BCUT2D eigenvalue weighted by Gasteiger charge is 2.11. The molecule has 4 aromatic rings. The van der Waals surface area contributed by atoms with Gasteiger partial charge in [0, 0.05) is 6.92 Å². The lowest BCUT2D eigenvalue weighted by atomic mass is 10.2. The zero-order chi connectivity index (χ0) is 18.6. The number of esters is 1. The minimum absolute atomic E-state index is 0.0387. The monoisotopic (exact) mass is 365 g/mol. The van der Waals surface area contributed by atoms with E-state index in [2.05, 4.69) is 15.1 Å². The topological polar surface area (TPSA) is 100 Å². The molecule has 2 aromatic heterocycles. The molecule has 0 atom stereocenters. The Morgan fingerprint density at radius 3 is 2.59 bits per heavy atom. The maximum absolute atomic E-state index is 12.2. The van der Waals surface area contributed by atoms with Gasteiger partial charge in [-0.05, 0) is 36.4 Å². The lowest BCUT2D eigenvalue weighted by Gasteiger charge is -2.05. The highest BCUT2D eigenvalue weighted by Crippen LogP contribution is 2.17. The van der Waals surface area contributed by atoms with E-state index in [9.17, 15) is 4.79 Å². The molecule has 0 bridgehead atoms. The highest BCUT2D eigenvalue weighted by molar-refractivity contribution is 5.89. The van der Waals surface area contributed by atoms with Crippen molar-refractivity contribution >= 4 is 17.1 Å². The number of hydrogen-bond donors (Lipinski definition) is 0. The first-order chi connectivity index (χ1) is 13.2. The number of aryl methyl sites for hydroxylation is 1. The number of para-hydroxylation sites is 2. The fourth-order valence-electron chi connectivity index (χ4n) is 2.43. The van der Waals surface area contributed by atoms with Crippen molar-refractivity contribution in [1.82, 2.24) is 15.1 Å². The molecule has 0 spiro atoms. The van der Waals surface area contributed by atoms with E-state index in [4.69, 9.17) is 18.4 Å². The Labute approximate surface area is 153 Å². The Bertz CT molecular complexity index is 1040. The van der Waals surface area contributed by atoms with Crippen molar-refractivity contribution < 1.29 is 23.2 Å². The molecular weight excluding hydrogens is 350 g/mol. The van der Waals surface area contributed by atoms with E-state index in [-0.39, 0.29) is 13.2 Å². The molecule has 2 aromatic carbocycles. The molecule has 8 heteroatoms. The molecule has 2 heterocycles. The van der Waals surface area contributed by atoms with Crippen LogP contribution in [0.15, 0.2) is 57.5 Å². The summed E-state index contributed by atoms with van der Waals surface area (Å²) < 4.78 is 21.2. The lowest BCUT2D eigenvalue weighted by Crippen LogP contribution is -2.05. The van der Waals surface area contributed by atoms with Crippen LogP contribution >= 0.6 is 0 Å². The second-order valence-electron chi connectivity index (χ2n) is 5.69. The molecule has 0 amide bonds. The zero-order valence-corrected chi connectivity index (χ0v) is 14.4. The molecule has 0 aliphatic heterocycles. The van der Waals surface area contributed by atoms with Crippen LogP contribution in [0.3, 0.4) is 0 Å². The van der Waals surface area contributed by atoms with E-state index < -0.39 is 5.97 Å². The van der Waals surface area contributed by atoms with Gasteiger partial charge in [0.1, 0.15) is 11.3 Å². The maximum atomic E-state index is 12.2. The summed E-state index contributed by atoms with van der Waals surface area (Å²) in [6, 6.07) is 13.9. The second kappa shape index (κ2) is 7.28. The molecule has 8 nitrogen and oxygen atoms in total. The Kier molecular flexibility index (Phi) is 4.52. The third-order valence-corrected chi connectivity index (χ3v) is 3.69. The van der Waals surface area contributed by atoms with E-state index in [0.29, 0.717) is 34.5 Å². The Balaban J connectivity index is 1.33. The first-order valence-corrected chi connectivity index (χ1v) is 8.21. The van der Waals surface area contributed by atoms with E-state index in [1.54, 1.807) is 31.2 Å². The smallest absolute Gasteiger partial charge is 0.338 e. The summed E-state index contributed by atoms with van der Waals surface area (Å²) in [6.45, 7) is 1.85. The summed E-state index contributed by atoms with van der Waals surface area (Å²) in [5.74, 6) is 1.38. The van der Waals surface area contributed by atoms with Crippen LogP contribution in [0, 0.1) is 6.92 Å². The average Bonchev–Trinajstić information content (AvgIpc) is 3.30. The lowest BCUT2D eigenvalue weighted by molar-refractivity contribution is 0.0440. The van der Waals surface area contributed by atoms with Gasteiger partial charge in [0.15, 0.2) is 18.8 Å². The van der Waals surface area contributed by atoms with Crippen LogP contribution in [-0.4, -0.2) is 21.1 Å². The van der Waals surface area contributed by atoms with Gasteiger partial charge in [-0.1, -0.05) is 17.3 Å². The standard InChI is InChI=1S/C19H15N3O5/c1-12-20-17(22-27-12)10-24-14-8-6-13(7-9-14)19(23)25-11-18-21-15-4-2-3-5-16(15)26-18/h2-9H,10-11H2,1H3. The van der Waals surface area contributed by atoms with Crippen LogP contribution in [-0.2, 0) is 18.0 Å². The summed E-state index contributed by atoms with van der Waals surface area (Å²) >= 11 is 0. The summed E-state index contributed by atoms with van der Waals surface area (Å²) in [5, 5.41) is 3.75. The number of aromatic nitrogens is 3. The van der Waals surface area contributed by atoms with Gasteiger partial charge in [0.25, 0.3) is 0 Å². The Morgan fingerprint density at radius 2 is 1.85 bits per heavy atom. The number of nitrogens with zero attached hydrogens (tertiary/aromatic N) is 3. The minimum atomic E-state index is -0.474. The van der Waals surface area contributed by atoms with Gasteiger partial charge < -0.3 is 18.4 Å². The number of benzene rings is 2. The average molecular weight is 365 g/mol. The van der Waals surface area contributed by atoms with Gasteiger partial charge in [0.05, 0.1) is 5.56 Å². The van der Waals surface area contributed by atoms with Crippen LogP contribution in [0.2, 0.25) is 0 Å². The SMILES string of the molecule is Cc1nc(COc2ccc(C(=O)OCc3nc4ccccc4o3)cc2)no1. The number of fused-ring (bicyclic) bond motifs is 1. The van der Waals surface area contributed by atoms with Crippen molar-refractivity contribution in [3.05, 3.63) is 71.7 Å². The molecule has 136 valence electrons. The maximum Gasteiger partial charge on any atom is 0.338 e. The van der Waals surface area contributed by atoms with Crippen molar-refractivity contribution in [2.24, 2.45) is 0 Å². The molecule has 0 aliphatic carbocycles. The number of ether oxygens (including phenoxy) is 2. The van der Waals surface area contributed by atoms with E-state index in [1.807, 2.05) is 24.3 Å². The van der Waals surface area contributed by atoms with E-state index in [1.165, 1.54) is 0 Å². The third kappa shape index (κ3) is 3.95. The summed E-state index contributed by atoms with van der Waals surface area (Å²) in [6.07, 6.45) is 0. The quantitative estimate of drug-likeness (QED) is 0.479. The summed E-state index contributed by atoms with van der Waals surface area (Å²) in [7, 11) is 0. The molecule has 0 saturated heterocycles. The fourth-order valence-corrected chi connectivity index (χ4v) is 2.43. The predicted molar refractivity (Wildman–Crippen MR) is 92.9 cm³/mol. The van der Waals surface area contributed by atoms with Crippen LogP contribution in [0.4, 0.5) is 0 Å². The number of carbonyl (C=O) groups excluding carboxylic acids is 1. The van der Waals surface area contributed by atoms with Crippen LogP contribution in [0.5, 0.6) is 5.75 Å². The zero-order valence-electron chi connectivity index (χ0n) is 14.4. The van der Waals surface area contributed by atoms with Gasteiger partial charge in [-0.3, -0.25) is 0 Å². The van der Waals surface area contributed by atoms with Gasteiger partial charge >= 0.3 is 5.97 Å². The van der Waals surface area contributed by atoms with Gasteiger partial charge in [-0.25, -0.2) is 9.78 Å². The normalized spacial score (nSPS) is 10.9. The minimum Gasteiger partial charge on any atom is -0.485 e. The molecule has 0 saturated carbocycles. The third-order valence-electron chi connectivity index (χ3n) is 3.69. The number of oxazole rings is 1. The van der Waals surface area contributed by atoms with E-state index >= 15 is 0 Å². The van der Waals surface area contributed by atoms with Gasteiger partial charge in [0.2, 0.25) is 17.6 Å². The summed E-state index contributed by atoms with van der Waals surface area (Å²) in [5.41, 5.74) is 1.78. The second-order valence-corrected chi connectivity index (χ2v) is 5.69. The molecule has 0 radical (unpaired) electrons. The van der Waals surface area contributed by atoms with Crippen molar-refractivity contribution in [2.75, 3.05) is 0 Å². The number of hydrogen-bond acceptors (Lipinski definition) is 8. The van der Waals surface area contributed by atoms with Crippen LogP contribution < -0.4 is 4.74 Å². The van der Waals surface area contributed by atoms with Crippen LogP contribution in [0.1, 0.15) is 28.0 Å². The largest absolute Gasteiger partial charge is 0.485 e. The number of carbonyl (C=O) groups is 1. The molecule has 0 aliphatic rings. The Morgan fingerprint density at radius 1 is 1.04 bits per heavy atom. The van der Waals surface area contributed by atoms with E-state index in [0.717, 1.165) is 5.52 Å². The van der Waals surface area contributed by atoms with Gasteiger partial charge in [-0.2, -0.15) is 4.98 Å². The molecular formula is C19H15N3O5. The van der Waals surface area contributed by atoms with Crippen molar-refractivity contribution in [1.29, 1.82) is 0 Å². The first-order valence-electron chi connectivity index (χ1n) is 8.21. The Hall–Kier alpha value is -3.68. The molecule has 4 rings (SSSR count). The first kappa shape index (κ1) is 16.8. The van der Waals surface area contributed by atoms with Crippen molar-refractivity contribution in [3.63, 3.8) is 0 Å². The van der Waals surface area contributed by atoms with Crippen molar-refractivity contribution in [3.8, 4) is 5.75 Å². The fraction of sp³-hybridized carbons (Fsp3) is 0.158. The van der Waals surface area contributed by atoms with Crippen molar-refractivity contribution in [2.45, 2.75) is 20.1 Å². The molecule has 27 heavy (non-hydrogen) atoms. The molecule has 0 fully saturated rings. The molecule has 0 unspecified atom stereocenters. The van der Waals surface area contributed by atoms with Gasteiger partial charge in [-0.15, -0.1) is 0 Å². The molecule has 0 N–H and O–H groups in total. The highest BCUT2D eigenvalue weighted by atomic mass is 16.5. The summed E-state index contributed by atoms with van der Waals surface area (Å²) in [4.78, 5) is 20.5. The van der Waals surface area contributed by atoms with Crippen LogP contribution in [0.25, 0.3) is 11.1 Å².